The standard InChI is InChI=1S/C16H21ClN4O3/c1-3-24-16(23)13(11-19-21-9-7-20(2)8-10-21)14(22)12-5-4-6-18-15(12)17/h4-6,11,19H,3,7-10H2,1-2H3. The topological polar surface area (TPSA) is 74.8 Å². The molecule has 1 N–H and O–H groups in total. The highest BCUT2D eigenvalue weighted by Crippen LogP contribution is 2.17. The second-order valence-corrected chi connectivity index (χ2v) is 5.73. The van der Waals surface area contributed by atoms with Gasteiger partial charge in [-0.2, -0.15) is 0 Å². The van der Waals surface area contributed by atoms with Gasteiger partial charge >= 0.3 is 5.97 Å². The van der Waals surface area contributed by atoms with Gasteiger partial charge in [0, 0.05) is 38.6 Å². The molecule has 2 rings (SSSR count). The van der Waals surface area contributed by atoms with Gasteiger partial charge in [-0.1, -0.05) is 11.6 Å². The fourth-order valence-corrected chi connectivity index (χ4v) is 2.42. The number of likely N-dealkylation sites (N-methyl/N-ethyl adjacent to an activating group) is 1. The van der Waals surface area contributed by atoms with Crippen molar-refractivity contribution in [2.75, 3.05) is 39.8 Å². The van der Waals surface area contributed by atoms with E-state index in [1.807, 2.05) is 12.1 Å². The fraction of sp³-hybridized carbons (Fsp3) is 0.438. The molecule has 0 amide bonds. The van der Waals surface area contributed by atoms with Crippen molar-refractivity contribution in [2.45, 2.75) is 6.92 Å². The number of pyridine rings is 1. The SMILES string of the molecule is CCOC(=O)C(=CNN1CCN(C)CC1)C(=O)c1cccnc1Cl. The maximum atomic E-state index is 12.6. The van der Waals surface area contributed by atoms with Crippen LogP contribution in [-0.2, 0) is 9.53 Å². The molecule has 0 aromatic carbocycles. The molecule has 0 aliphatic carbocycles. The van der Waals surface area contributed by atoms with Crippen LogP contribution in [0.25, 0.3) is 0 Å². The number of hydrogen-bond donors (Lipinski definition) is 1. The molecule has 1 aromatic rings. The van der Waals surface area contributed by atoms with E-state index in [4.69, 9.17) is 16.3 Å². The van der Waals surface area contributed by atoms with Crippen molar-refractivity contribution in [1.29, 1.82) is 0 Å². The van der Waals surface area contributed by atoms with Crippen molar-refractivity contribution in [2.24, 2.45) is 0 Å². The first kappa shape index (κ1) is 18.4. The van der Waals surface area contributed by atoms with Crippen molar-refractivity contribution in [3.05, 3.63) is 40.8 Å². The lowest BCUT2D eigenvalue weighted by Crippen LogP contribution is -2.49. The third kappa shape index (κ3) is 4.77. The van der Waals surface area contributed by atoms with Crippen LogP contribution < -0.4 is 5.43 Å². The van der Waals surface area contributed by atoms with Crippen LogP contribution in [0.1, 0.15) is 17.3 Å². The maximum Gasteiger partial charge on any atom is 0.343 e. The van der Waals surface area contributed by atoms with Crippen molar-refractivity contribution >= 4 is 23.4 Å². The summed E-state index contributed by atoms with van der Waals surface area (Å²) in [4.78, 5) is 30.9. The summed E-state index contributed by atoms with van der Waals surface area (Å²) in [7, 11) is 2.05. The minimum atomic E-state index is -0.691. The number of nitrogens with one attached hydrogen (secondary N) is 1. The number of hydrogen-bond acceptors (Lipinski definition) is 7. The van der Waals surface area contributed by atoms with E-state index in [1.54, 1.807) is 13.0 Å². The maximum absolute atomic E-state index is 12.6. The largest absolute Gasteiger partial charge is 0.462 e. The Morgan fingerprint density at radius 1 is 1.38 bits per heavy atom. The molecule has 0 atom stereocenters. The van der Waals surface area contributed by atoms with Gasteiger partial charge in [-0.15, -0.1) is 0 Å². The molecule has 1 aliphatic rings. The zero-order chi connectivity index (χ0) is 17.5. The summed E-state index contributed by atoms with van der Waals surface area (Å²) in [6, 6.07) is 3.12. The number of carbonyl (C=O) groups excluding carboxylic acids is 2. The van der Waals surface area contributed by atoms with Gasteiger partial charge in [0.25, 0.3) is 0 Å². The molecule has 0 spiro atoms. The number of piperazine rings is 1. The Balaban J connectivity index is 2.18. The molecular formula is C16H21ClN4O3. The Bertz CT molecular complexity index is 628. The number of halogens is 1. The Hall–Kier alpha value is -1.96. The van der Waals surface area contributed by atoms with Crippen LogP contribution >= 0.6 is 11.6 Å². The molecular weight excluding hydrogens is 332 g/mol. The number of carbonyl (C=O) groups is 2. The predicted octanol–water partition coefficient (Wildman–Crippen LogP) is 1.12. The molecule has 1 saturated heterocycles. The first-order chi connectivity index (χ1) is 11.5. The van der Waals surface area contributed by atoms with E-state index in [2.05, 4.69) is 15.3 Å². The van der Waals surface area contributed by atoms with Crippen LogP contribution in [-0.4, -0.2) is 66.5 Å². The van der Waals surface area contributed by atoms with Gasteiger partial charge in [0.15, 0.2) is 0 Å². The average molecular weight is 353 g/mol. The third-order valence-corrected chi connectivity index (χ3v) is 3.94. The van der Waals surface area contributed by atoms with Crippen LogP contribution in [0.15, 0.2) is 30.1 Å². The number of hydrazine groups is 1. The smallest absolute Gasteiger partial charge is 0.343 e. The Kier molecular flexibility index (Phi) is 6.72. The van der Waals surface area contributed by atoms with E-state index in [-0.39, 0.29) is 22.9 Å². The third-order valence-electron chi connectivity index (χ3n) is 3.64. The highest BCUT2D eigenvalue weighted by molar-refractivity contribution is 6.35. The molecule has 130 valence electrons. The number of ether oxygens (including phenoxy) is 1. The number of esters is 1. The summed E-state index contributed by atoms with van der Waals surface area (Å²) in [5.41, 5.74) is 3.07. The lowest BCUT2D eigenvalue weighted by atomic mass is 10.1. The molecule has 0 saturated carbocycles. The van der Waals surface area contributed by atoms with Gasteiger partial charge in [-0.05, 0) is 26.1 Å². The van der Waals surface area contributed by atoms with E-state index in [9.17, 15) is 9.59 Å². The van der Waals surface area contributed by atoms with E-state index in [0.717, 1.165) is 26.2 Å². The highest BCUT2D eigenvalue weighted by Gasteiger charge is 2.24. The van der Waals surface area contributed by atoms with E-state index < -0.39 is 11.8 Å². The Morgan fingerprint density at radius 2 is 2.08 bits per heavy atom. The normalized spacial score (nSPS) is 16.7. The van der Waals surface area contributed by atoms with E-state index in [0.29, 0.717) is 0 Å². The minimum absolute atomic E-state index is 0.0531. The summed E-state index contributed by atoms with van der Waals surface area (Å²) >= 11 is 5.96. The van der Waals surface area contributed by atoms with Crippen LogP contribution in [0.3, 0.4) is 0 Å². The highest BCUT2D eigenvalue weighted by atomic mass is 35.5. The van der Waals surface area contributed by atoms with Crippen LogP contribution in [0.5, 0.6) is 0 Å². The van der Waals surface area contributed by atoms with Gasteiger partial charge < -0.3 is 15.1 Å². The van der Waals surface area contributed by atoms with Crippen LogP contribution in [0.4, 0.5) is 0 Å². The molecule has 0 radical (unpaired) electrons. The zero-order valence-electron chi connectivity index (χ0n) is 13.8. The van der Waals surface area contributed by atoms with E-state index >= 15 is 0 Å². The van der Waals surface area contributed by atoms with Crippen LogP contribution in [0.2, 0.25) is 5.15 Å². The lowest BCUT2D eigenvalue weighted by Gasteiger charge is -2.32. The van der Waals surface area contributed by atoms with Crippen molar-refractivity contribution in [3.8, 4) is 0 Å². The average Bonchev–Trinajstić information content (AvgIpc) is 2.57. The van der Waals surface area contributed by atoms with E-state index in [1.165, 1.54) is 18.5 Å². The molecule has 0 unspecified atom stereocenters. The summed E-state index contributed by atoms with van der Waals surface area (Å²) in [6.45, 7) is 5.23. The number of rotatable bonds is 6. The summed E-state index contributed by atoms with van der Waals surface area (Å²) < 4.78 is 4.99. The van der Waals surface area contributed by atoms with Gasteiger partial charge in [0.2, 0.25) is 5.78 Å². The molecule has 2 heterocycles. The van der Waals surface area contributed by atoms with Gasteiger partial charge in [-0.25, -0.2) is 14.8 Å². The Morgan fingerprint density at radius 3 is 2.71 bits per heavy atom. The predicted molar refractivity (Wildman–Crippen MR) is 90.5 cm³/mol. The van der Waals surface area contributed by atoms with Crippen molar-refractivity contribution < 1.29 is 14.3 Å². The Labute approximate surface area is 146 Å². The summed E-state index contributed by atoms with van der Waals surface area (Å²) in [6.07, 6.45) is 2.87. The second kappa shape index (κ2) is 8.77. The molecule has 8 heteroatoms. The van der Waals surface area contributed by atoms with Crippen molar-refractivity contribution in [3.63, 3.8) is 0 Å². The first-order valence-electron chi connectivity index (χ1n) is 7.75. The molecule has 1 aliphatic heterocycles. The minimum Gasteiger partial charge on any atom is -0.462 e. The van der Waals surface area contributed by atoms with Gasteiger partial charge in [-0.3, -0.25) is 4.79 Å². The first-order valence-corrected chi connectivity index (χ1v) is 8.13. The zero-order valence-corrected chi connectivity index (χ0v) is 14.5. The summed E-state index contributed by atoms with van der Waals surface area (Å²) in [5.74, 6) is -1.21. The molecule has 7 nitrogen and oxygen atoms in total. The van der Waals surface area contributed by atoms with Gasteiger partial charge in [0.05, 0.1) is 12.2 Å². The summed E-state index contributed by atoms with van der Waals surface area (Å²) in [5, 5.41) is 1.99. The van der Waals surface area contributed by atoms with Crippen LogP contribution in [0, 0.1) is 0 Å². The number of aromatic nitrogens is 1. The fourth-order valence-electron chi connectivity index (χ4n) is 2.22. The number of nitrogens with zero attached hydrogens (tertiary/aromatic N) is 3. The second-order valence-electron chi connectivity index (χ2n) is 5.37. The molecule has 1 fully saturated rings. The van der Waals surface area contributed by atoms with Gasteiger partial charge in [0.1, 0.15) is 10.7 Å². The number of ketones is 1. The molecule has 24 heavy (non-hydrogen) atoms. The quantitative estimate of drug-likeness (QED) is 0.205. The van der Waals surface area contributed by atoms with Crippen molar-refractivity contribution in [1.82, 2.24) is 20.3 Å². The molecule has 0 bridgehead atoms. The molecule has 1 aromatic heterocycles. The number of Topliss-reactive ketones (excluding diaryl/α,β-unsaturated/α-hetero) is 1. The monoisotopic (exact) mass is 352 g/mol. The lowest BCUT2D eigenvalue weighted by molar-refractivity contribution is -0.138.